The highest BCUT2D eigenvalue weighted by molar-refractivity contribution is 7.92. The summed E-state index contributed by atoms with van der Waals surface area (Å²) in [6.45, 7) is 6.08. The van der Waals surface area contributed by atoms with Gasteiger partial charge in [0.2, 0.25) is 10.0 Å². The fourth-order valence-corrected chi connectivity index (χ4v) is 3.09. The molecule has 0 aliphatic rings. The van der Waals surface area contributed by atoms with Crippen molar-refractivity contribution in [1.82, 2.24) is 0 Å². The predicted octanol–water partition coefficient (Wildman–Crippen LogP) is 2.68. The van der Waals surface area contributed by atoms with Crippen LogP contribution in [-0.4, -0.2) is 27.2 Å². The number of nitrogens with one attached hydrogen (secondary N) is 1. The van der Waals surface area contributed by atoms with Gasteiger partial charge in [0.15, 0.2) is 0 Å². The molecule has 1 N–H and O–H groups in total. The number of hydrogen-bond acceptors (Lipinski definition) is 4. The van der Waals surface area contributed by atoms with E-state index in [-0.39, 0.29) is 24.0 Å². The van der Waals surface area contributed by atoms with E-state index in [1.165, 1.54) is 7.11 Å². The predicted molar refractivity (Wildman–Crippen MR) is 83.8 cm³/mol. The lowest BCUT2D eigenvalue weighted by Gasteiger charge is -2.23. The standard InChI is InChI=1S/C15H23NO4S/c1-15(2,3)12-8-5-6-9-13(12)16-21(18,19)11-7-10-14(17)20-4/h5-6,8-9,16H,7,10-11H2,1-4H3. The van der Waals surface area contributed by atoms with Gasteiger partial charge in [0.1, 0.15) is 0 Å². The van der Waals surface area contributed by atoms with E-state index < -0.39 is 16.0 Å². The lowest BCUT2D eigenvalue weighted by Crippen LogP contribution is -2.21. The smallest absolute Gasteiger partial charge is 0.305 e. The molecule has 6 heteroatoms. The minimum Gasteiger partial charge on any atom is -0.469 e. The molecular weight excluding hydrogens is 290 g/mol. The third-order valence-electron chi connectivity index (χ3n) is 3.02. The molecule has 5 nitrogen and oxygen atoms in total. The Bertz CT molecular complexity index is 588. The maximum atomic E-state index is 12.1. The van der Waals surface area contributed by atoms with Crippen LogP contribution in [0.15, 0.2) is 24.3 Å². The molecule has 21 heavy (non-hydrogen) atoms. The van der Waals surface area contributed by atoms with Gasteiger partial charge in [-0.3, -0.25) is 9.52 Å². The number of ether oxygens (including phenoxy) is 1. The van der Waals surface area contributed by atoms with Crippen LogP contribution in [0, 0.1) is 0 Å². The molecule has 0 saturated heterocycles. The minimum absolute atomic E-state index is 0.0956. The number of carbonyl (C=O) groups excluding carboxylic acids is 1. The van der Waals surface area contributed by atoms with E-state index in [0.29, 0.717) is 5.69 Å². The van der Waals surface area contributed by atoms with Gasteiger partial charge in [0.25, 0.3) is 0 Å². The lowest BCUT2D eigenvalue weighted by molar-refractivity contribution is -0.140. The van der Waals surface area contributed by atoms with Gasteiger partial charge in [-0.1, -0.05) is 39.0 Å². The topological polar surface area (TPSA) is 72.5 Å². The van der Waals surface area contributed by atoms with Crippen LogP contribution in [0.25, 0.3) is 0 Å². The second-order valence-electron chi connectivity index (χ2n) is 5.90. The number of rotatable bonds is 6. The average Bonchev–Trinajstić information content (AvgIpc) is 2.37. The first-order valence-electron chi connectivity index (χ1n) is 6.82. The monoisotopic (exact) mass is 313 g/mol. The molecule has 0 saturated carbocycles. The van der Waals surface area contributed by atoms with Crippen LogP contribution >= 0.6 is 0 Å². The van der Waals surface area contributed by atoms with Crippen LogP contribution in [-0.2, 0) is 25.0 Å². The van der Waals surface area contributed by atoms with Crippen molar-refractivity contribution in [2.75, 3.05) is 17.6 Å². The summed E-state index contributed by atoms with van der Waals surface area (Å²) in [4.78, 5) is 11.0. The van der Waals surface area contributed by atoms with Crippen molar-refractivity contribution in [1.29, 1.82) is 0 Å². The maximum Gasteiger partial charge on any atom is 0.305 e. The Morgan fingerprint density at radius 3 is 2.43 bits per heavy atom. The molecule has 0 fully saturated rings. The fraction of sp³-hybridized carbons (Fsp3) is 0.533. The number of methoxy groups -OCH3 is 1. The van der Waals surface area contributed by atoms with E-state index in [2.05, 4.69) is 9.46 Å². The largest absolute Gasteiger partial charge is 0.469 e. The van der Waals surface area contributed by atoms with Crippen molar-refractivity contribution in [2.45, 2.75) is 39.0 Å². The first-order valence-corrected chi connectivity index (χ1v) is 8.48. The van der Waals surface area contributed by atoms with Gasteiger partial charge in [0.05, 0.1) is 18.6 Å². The van der Waals surface area contributed by atoms with Crippen molar-refractivity contribution in [3.05, 3.63) is 29.8 Å². The van der Waals surface area contributed by atoms with Gasteiger partial charge in [0, 0.05) is 6.42 Å². The minimum atomic E-state index is -3.48. The van der Waals surface area contributed by atoms with Gasteiger partial charge >= 0.3 is 5.97 Å². The molecular formula is C15H23NO4S. The summed E-state index contributed by atoms with van der Waals surface area (Å²) < 4.78 is 31.3. The van der Waals surface area contributed by atoms with E-state index >= 15 is 0 Å². The molecule has 118 valence electrons. The van der Waals surface area contributed by atoms with Gasteiger partial charge in [-0.15, -0.1) is 0 Å². The summed E-state index contributed by atoms with van der Waals surface area (Å²) in [5.74, 6) is -0.513. The van der Waals surface area contributed by atoms with Crippen LogP contribution in [0.4, 0.5) is 5.69 Å². The zero-order valence-electron chi connectivity index (χ0n) is 13.0. The van der Waals surface area contributed by atoms with Gasteiger partial charge < -0.3 is 4.74 Å². The summed E-state index contributed by atoms with van der Waals surface area (Å²) >= 11 is 0. The molecule has 0 aromatic heterocycles. The SMILES string of the molecule is COC(=O)CCCS(=O)(=O)Nc1ccccc1C(C)(C)C. The first kappa shape index (κ1) is 17.5. The Kier molecular flexibility index (Phi) is 5.78. The number of sulfonamides is 1. The molecule has 0 heterocycles. The molecule has 0 amide bonds. The molecule has 0 aliphatic heterocycles. The zero-order chi connectivity index (χ0) is 16.1. The Morgan fingerprint density at radius 1 is 1.24 bits per heavy atom. The molecule has 1 rings (SSSR count). The van der Waals surface area contributed by atoms with Gasteiger partial charge in [-0.2, -0.15) is 0 Å². The molecule has 0 spiro atoms. The number of benzene rings is 1. The number of anilines is 1. The first-order chi connectivity index (χ1) is 9.65. The Hall–Kier alpha value is -1.56. The average molecular weight is 313 g/mol. The second-order valence-corrected chi connectivity index (χ2v) is 7.74. The van der Waals surface area contributed by atoms with E-state index in [0.717, 1.165) is 5.56 Å². The molecule has 0 unspecified atom stereocenters. The van der Waals surface area contributed by atoms with Crippen LogP contribution in [0.1, 0.15) is 39.2 Å². The summed E-state index contributed by atoms with van der Waals surface area (Å²) in [6.07, 6.45) is 0.331. The number of esters is 1. The van der Waals surface area contributed by atoms with Crippen LogP contribution in [0.2, 0.25) is 0 Å². The highest BCUT2D eigenvalue weighted by Gasteiger charge is 2.20. The highest BCUT2D eigenvalue weighted by atomic mass is 32.2. The third kappa shape index (κ3) is 5.75. The quantitative estimate of drug-likeness (QED) is 0.820. The summed E-state index contributed by atoms with van der Waals surface area (Å²) in [7, 11) is -2.19. The summed E-state index contributed by atoms with van der Waals surface area (Å²) in [5.41, 5.74) is 1.36. The second kappa shape index (κ2) is 6.93. The van der Waals surface area contributed by atoms with Crippen molar-refractivity contribution < 1.29 is 17.9 Å². The van der Waals surface area contributed by atoms with Crippen molar-refractivity contribution in [3.8, 4) is 0 Å². The lowest BCUT2D eigenvalue weighted by atomic mass is 9.86. The highest BCUT2D eigenvalue weighted by Crippen LogP contribution is 2.29. The zero-order valence-corrected chi connectivity index (χ0v) is 13.8. The molecule has 0 aliphatic carbocycles. The number of para-hydroxylation sites is 1. The summed E-state index contributed by atoms with van der Waals surface area (Å²) in [5, 5.41) is 0. The van der Waals surface area contributed by atoms with E-state index in [4.69, 9.17) is 0 Å². The van der Waals surface area contributed by atoms with Gasteiger partial charge in [-0.25, -0.2) is 8.42 Å². The van der Waals surface area contributed by atoms with Crippen LogP contribution in [0.5, 0.6) is 0 Å². The molecule has 0 atom stereocenters. The maximum absolute atomic E-state index is 12.1. The van der Waals surface area contributed by atoms with E-state index in [1.807, 2.05) is 32.9 Å². The molecule has 1 aromatic carbocycles. The number of hydrogen-bond donors (Lipinski definition) is 1. The number of carbonyl (C=O) groups is 1. The van der Waals surface area contributed by atoms with Crippen molar-refractivity contribution >= 4 is 21.7 Å². The van der Waals surface area contributed by atoms with Gasteiger partial charge in [-0.05, 0) is 23.5 Å². The molecule has 0 radical (unpaired) electrons. The Balaban J connectivity index is 2.79. The fourth-order valence-electron chi connectivity index (χ4n) is 1.95. The Morgan fingerprint density at radius 2 is 1.86 bits per heavy atom. The van der Waals surface area contributed by atoms with Crippen LogP contribution in [0.3, 0.4) is 0 Å². The molecule has 0 bridgehead atoms. The Labute approximate surface area is 126 Å². The van der Waals surface area contributed by atoms with E-state index in [1.54, 1.807) is 12.1 Å². The summed E-state index contributed by atoms with van der Waals surface area (Å²) in [6, 6.07) is 7.34. The normalized spacial score (nSPS) is 12.0. The molecule has 1 aromatic rings. The van der Waals surface area contributed by atoms with Crippen molar-refractivity contribution in [3.63, 3.8) is 0 Å². The third-order valence-corrected chi connectivity index (χ3v) is 4.38. The van der Waals surface area contributed by atoms with Crippen LogP contribution < -0.4 is 4.72 Å². The van der Waals surface area contributed by atoms with E-state index in [9.17, 15) is 13.2 Å². The van der Waals surface area contributed by atoms with Crippen molar-refractivity contribution in [2.24, 2.45) is 0 Å².